The van der Waals surface area contributed by atoms with E-state index in [4.69, 9.17) is 4.42 Å². The molecule has 126 valence electrons. The van der Waals surface area contributed by atoms with Crippen molar-refractivity contribution in [2.45, 2.75) is 20.4 Å². The molecule has 2 heterocycles. The van der Waals surface area contributed by atoms with Crippen LogP contribution in [0.4, 0.5) is 0 Å². The third-order valence-electron chi connectivity index (χ3n) is 4.42. The summed E-state index contributed by atoms with van der Waals surface area (Å²) in [6.45, 7) is 7.61. The van der Waals surface area contributed by atoms with Gasteiger partial charge in [0.2, 0.25) is 0 Å². The molecule has 5 heteroatoms. The van der Waals surface area contributed by atoms with Crippen LogP contribution in [0.15, 0.2) is 45.6 Å². The fraction of sp³-hybridized carbons (Fsp3) is 0.368. The van der Waals surface area contributed by atoms with Crippen LogP contribution in [0, 0.1) is 13.8 Å². The van der Waals surface area contributed by atoms with Crippen molar-refractivity contribution in [3.8, 4) is 0 Å². The second kappa shape index (κ2) is 7.01. The van der Waals surface area contributed by atoms with Crippen LogP contribution in [-0.4, -0.2) is 41.9 Å². The Morgan fingerprint density at radius 2 is 1.79 bits per heavy atom. The maximum atomic E-state index is 12.5. The van der Waals surface area contributed by atoms with E-state index in [1.54, 1.807) is 11.8 Å². The third-order valence-corrected chi connectivity index (χ3v) is 4.42. The molecule has 1 aliphatic heterocycles. The standard InChI is InChI=1S/C19H22N2O3/c1-14-5-3-4-6-16(14)13-20-7-9-21(10-8-20)19(23)18-12-17(22)11-15(2)24-18/h3-6,11-12H,7-10,13H2,1-2H3. The third kappa shape index (κ3) is 3.74. The van der Waals surface area contributed by atoms with Gasteiger partial charge in [0, 0.05) is 44.9 Å². The fourth-order valence-electron chi connectivity index (χ4n) is 3.00. The molecule has 2 aromatic rings. The molecule has 0 unspecified atom stereocenters. The Morgan fingerprint density at radius 1 is 1.08 bits per heavy atom. The number of hydrogen-bond donors (Lipinski definition) is 0. The van der Waals surface area contributed by atoms with E-state index < -0.39 is 0 Å². The Morgan fingerprint density at radius 3 is 2.46 bits per heavy atom. The highest BCUT2D eigenvalue weighted by molar-refractivity contribution is 5.91. The molecule has 0 radical (unpaired) electrons. The Kier molecular flexibility index (Phi) is 4.81. The summed E-state index contributed by atoms with van der Waals surface area (Å²) in [4.78, 5) is 28.1. The van der Waals surface area contributed by atoms with Crippen molar-refractivity contribution >= 4 is 5.91 Å². The summed E-state index contributed by atoms with van der Waals surface area (Å²) >= 11 is 0. The largest absolute Gasteiger partial charge is 0.456 e. The number of carbonyl (C=O) groups excluding carboxylic acids is 1. The summed E-state index contributed by atoms with van der Waals surface area (Å²) in [6.07, 6.45) is 0. The number of piperazine rings is 1. The van der Waals surface area contributed by atoms with E-state index in [-0.39, 0.29) is 17.1 Å². The summed E-state index contributed by atoms with van der Waals surface area (Å²) in [7, 11) is 0. The first-order valence-corrected chi connectivity index (χ1v) is 8.21. The highest BCUT2D eigenvalue weighted by atomic mass is 16.3. The SMILES string of the molecule is Cc1cc(=O)cc(C(=O)N2CCN(Cc3ccccc3C)CC2)o1. The van der Waals surface area contributed by atoms with E-state index >= 15 is 0 Å². The van der Waals surface area contributed by atoms with Crippen LogP contribution >= 0.6 is 0 Å². The van der Waals surface area contributed by atoms with Gasteiger partial charge >= 0.3 is 0 Å². The normalized spacial score (nSPS) is 15.5. The molecule has 0 atom stereocenters. The number of carbonyl (C=O) groups is 1. The summed E-state index contributed by atoms with van der Waals surface area (Å²) in [5.74, 6) is 0.391. The van der Waals surface area contributed by atoms with Crippen LogP contribution in [0.3, 0.4) is 0 Å². The van der Waals surface area contributed by atoms with Gasteiger partial charge in [0.15, 0.2) is 11.2 Å². The van der Waals surface area contributed by atoms with Gasteiger partial charge in [0.05, 0.1) is 0 Å². The highest BCUT2D eigenvalue weighted by Gasteiger charge is 2.24. The van der Waals surface area contributed by atoms with Gasteiger partial charge in [-0.1, -0.05) is 24.3 Å². The van der Waals surface area contributed by atoms with E-state index in [9.17, 15) is 9.59 Å². The molecule has 5 nitrogen and oxygen atoms in total. The summed E-state index contributed by atoms with van der Waals surface area (Å²) in [5.41, 5.74) is 2.42. The lowest BCUT2D eigenvalue weighted by Crippen LogP contribution is -2.48. The minimum absolute atomic E-state index is 0.132. The molecular formula is C19H22N2O3. The average molecular weight is 326 g/mol. The van der Waals surface area contributed by atoms with E-state index in [0.29, 0.717) is 18.8 Å². The molecule has 24 heavy (non-hydrogen) atoms. The molecule has 1 aromatic carbocycles. The molecule has 0 spiro atoms. The second-order valence-electron chi connectivity index (χ2n) is 6.26. The zero-order valence-corrected chi connectivity index (χ0v) is 14.1. The molecule has 0 bridgehead atoms. The lowest BCUT2D eigenvalue weighted by atomic mass is 10.1. The predicted molar refractivity (Wildman–Crippen MR) is 92.1 cm³/mol. The first-order chi connectivity index (χ1) is 11.5. The number of amides is 1. The maximum Gasteiger partial charge on any atom is 0.289 e. The summed E-state index contributed by atoms with van der Waals surface area (Å²) < 4.78 is 5.41. The molecular weight excluding hydrogens is 304 g/mol. The zero-order chi connectivity index (χ0) is 17.1. The van der Waals surface area contributed by atoms with Gasteiger partial charge in [-0.25, -0.2) is 0 Å². The minimum Gasteiger partial charge on any atom is -0.456 e. The lowest BCUT2D eigenvalue weighted by Gasteiger charge is -2.34. The van der Waals surface area contributed by atoms with E-state index in [2.05, 4.69) is 30.0 Å². The summed E-state index contributed by atoms with van der Waals surface area (Å²) in [6, 6.07) is 11.0. The van der Waals surface area contributed by atoms with Crippen molar-refractivity contribution < 1.29 is 9.21 Å². The number of benzene rings is 1. The van der Waals surface area contributed by atoms with Gasteiger partial charge in [0.25, 0.3) is 5.91 Å². The topological polar surface area (TPSA) is 53.8 Å². The predicted octanol–water partition coefficient (Wildman–Crippen LogP) is 2.21. The van der Waals surface area contributed by atoms with Crippen molar-refractivity contribution in [3.05, 3.63) is 69.3 Å². The van der Waals surface area contributed by atoms with Gasteiger partial charge in [0.1, 0.15) is 5.76 Å². The Balaban J connectivity index is 1.61. The van der Waals surface area contributed by atoms with Gasteiger partial charge < -0.3 is 9.32 Å². The molecule has 0 N–H and O–H groups in total. The van der Waals surface area contributed by atoms with Crippen molar-refractivity contribution in [1.82, 2.24) is 9.80 Å². The average Bonchev–Trinajstić information content (AvgIpc) is 2.56. The van der Waals surface area contributed by atoms with Crippen LogP contribution in [0.1, 0.15) is 27.4 Å². The molecule has 1 fully saturated rings. The van der Waals surface area contributed by atoms with Crippen LogP contribution in [0.2, 0.25) is 0 Å². The smallest absolute Gasteiger partial charge is 0.289 e. The lowest BCUT2D eigenvalue weighted by molar-refractivity contribution is 0.0593. The van der Waals surface area contributed by atoms with Gasteiger partial charge in [-0.3, -0.25) is 14.5 Å². The van der Waals surface area contributed by atoms with E-state index in [0.717, 1.165) is 19.6 Å². The molecule has 1 aromatic heterocycles. The quantitative estimate of drug-likeness (QED) is 0.868. The Hall–Kier alpha value is -2.40. The van der Waals surface area contributed by atoms with Crippen molar-refractivity contribution in [2.75, 3.05) is 26.2 Å². The Labute approximate surface area is 141 Å². The van der Waals surface area contributed by atoms with Crippen LogP contribution in [0.25, 0.3) is 0 Å². The molecule has 0 aliphatic carbocycles. The summed E-state index contributed by atoms with van der Waals surface area (Å²) in [5, 5.41) is 0. The first kappa shape index (κ1) is 16.5. The highest BCUT2D eigenvalue weighted by Crippen LogP contribution is 2.14. The van der Waals surface area contributed by atoms with E-state index in [1.807, 2.05) is 6.07 Å². The van der Waals surface area contributed by atoms with Crippen LogP contribution in [0.5, 0.6) is 0 Å². The van der Waals surface area contributed by atoms with E-state index in [1.165, 1.54) is 23.3 Å². The van der Waals surface area contributed by atoms with Gasteiger partial charge in [-0.15, -0.1) is 0 Å². The molecule has 1 saturated heterocycles. The van der Waals surface area contributed by atoms with Crippen molar-refractivity contribution in [2.24, 2.45) is 0 Å². The van der Waals surface area contributed by atoms with Gasteiger partial charge in [-0.05, 0) is 25.0 Å². The van der Waals surface area contributed by atoms with Crippen molar-refractivity contribution in [1.29, 1.82) is 0 Å². The monoisotopic (exact) mass is 326 g/mol. The number of hydrogen-bond acceptors (Lipinski definition) is 4. The first-order valence-electron chi connectivity index (χ1n) is 8.21. The second-order valence-corrected chi connectivity index (χ2v) is 6.26. The number of rotatable bonds is 3. The number of nitrogens with zero attached hydrogens (tertiary/aromatic N) is 2. The maximum absolute atomic E-state index is 12.5. The molecule has 3 rings (SSSR count). The van der Waals surface area contributed by atoms with Gasteiger partial charge in [-0.2, -0.15) is 0 Å². The van der Waals surface area contributed by atoms with Crippen molar-refractivity contribution in [3.63, 3.8) is 0 Å². The fourth-order valence-corrected chi connectivity index (χ4v) is 3.00. The molecule has 0 saturated carbocycles. The van der Waals surface area contributed by atoms with Crippen LogP contribution in [-0.2, 0) is 6.54 Å². The molecule has 1 aliphatic rings. The number of aryl methyl sites for hydroxylation is 2. The molecule has 1 amide bonds. The minimum atomic E-state index is -0.202. The zero-order valence-electron chi connectivity index (χ0n) is 14.1. The Bertz CT molecular complexity index is 789. The van der Waals surface area contributed by atoms with Crippen LogP contribution < -0.4 is 5.43 Å².